The Labute approximate surface area is 73.6 Å². The Morgan fingerprint density at radius 2 is 2.42 bits per heavy atom. The summed E-state index contributed by atoms with van der Waals surface area (Å²) in [6, 6.07) is 0. The second-order valence-electron chi connectivity index (χ2n) is 2.72. The van der Waals surface area contributed by atoms with Crippen LogP contribution in [0.3, 0.4) is 0 Å². The number of ether oxygens (including phenoxy) is 1. The first-order valence-electron chi connectivity index (χ1n) is 4.21. The number of unbranched alkanes of at least 4 members (excludes halogenated alkanes) is 1. The monoisotopic (exact) mass is 171 g/mol. The van der Waals surface area contributed by atoms with Crippen molar-refractivity contribution in [1.82, 2.24) is 0 Å². The molecule has 0 amide bonds. The second-order valence-corrected chi connectivity index (χ2v) is 2.72. The highest BCUT2D eigenvalue weighted by atomic mass is 16.5. The molecule has 12 heavy (non-hydrogen) atoms. The third-order valence-corrected chi connectivity index (χ3v) is 1.52. The maximum absolute atomic E-state index is 10.7. The number of hydrogen-bond acceptors (Lipinski definition) is 3. The lowest BCUT2D eigenvalue weighted by Crippen LogP contribution is -2.21. The molecule has 0 aromatic rings. The zero-order chi connectivity index (χ0) is 9.40. The van der Waals surface area contributed by atoms with Crippen molar-refractivity contribution in [2.24, 2.45) is 5.73 Å². The zero-order valence-electron chi connectivity index (χ0n) is 7.58. The molecule has 0 fully saturated rings. The number of hydrogen-bond donors (Lipinski definition) is 1. The molecule has 0 aliphatic carbocycles. The third-order valence-electron chi connectivity index (χ3n) is 1.52. The van der Waals surface area contributed by atoms with Crippen molar-refractivity contribution < 1.29 is 9.53 Å². The standard InChI is InChI=1S/C9H17NO2/c1-3-4-5-6-8(2)12-9(11)7-10/h3,8H,1,4-7,10H2,2H3. The first-order valence-corrected chi connectivity index (χ1v) is 4.21. The van der Waals surface area contributed by atoms with E-state index in [0.717, 1.165) is 19.3 Å². The smallest absolute Gasteiger partial charge is 0.319 e. The van der Waals surface area contributed by atoms with E-state index in [2.05, 4.69) is 6.58 Å². The van der Waals surface area contributed by atoms with Gasteiger partial charge in [0.05, 0.1) is 12.6 Å². The highest BCUT2D eigenvalue weighted by molar-refractivity contribution is 5.71. The molecule has 0 spiro atoms. The van der Waals surface area contributed by atoms with Crippen LogP contribution in [0.4, 0.5) is 0 Å². The molecule has 0 aromatic heterocycles. The molecule has 3 nitrogen and oxygen atoms in total. The average molecular weight is 171 g/mol. The summed E-state index contributed by atoms with van der Waals surface area (Å²) in [5.41, 5.74) is 5.08. The van der Waals surface area contributed by atoms with Gasteiger partial charge in [-0.05, 0) is 26.2 Å². The number of allylic oxidation sites excluding steroid dienone is 1. The van der Waals surface area contributed by atoms with Crippen LogP contribution >= 0.6 is 0 Å². The van der Waals surface area contributed by atoms with Crippen LogP contribution in [0.25, 0.3) is 0 Å². The summed E-state index contributed by atoms with van der Waals surface area (Å²) in [6.07, 6.45) is 4.67. The normalized spacial score (nSPS) is 12.2. The molecular weight excluding hydrogens is 154 g/mol. The van der Waals surface area contributed by atoms with Gasteiger partial charge in [-0.3, -0.25) is 4.79 Å². The number of carbonyl (C=O) groups is 1. The fourth-order valence-electron chi connectivity index (χ4n) is 0.881. The van der Waals surface area contributed by atoms with E-state index in [0.29, 0.717) is 0 Å². The zero-order valence-corrected chi connectivity index (χ0v) is 7.58. The van der Waals surface area contributed by atoms with Crippen LogP contribution in [0, 0.1) is 0 Å². The predicted octanol–water partition coefficient (Wildman–Crippen LogP) is 1.23. The molecule has 0 aliphatic rings. The number of rotatable bonds is 6. The minimum atomic E-state index is -0.332. The van der Waals surface area contributed by atoms with Crippen LogP contribution in [0.2, 0.25) is 0 Å². The topological polar surface area (TPSA) is 52.3 Å². The van der Waals surface area contributed by atoms with Crippen molar-refractivity contribution in [2.75, 3.05) is 6.54 Å². The van der Waals surface area contributed by atoms with Gasteiger partial charge in [-0.2, -0.15) is 0 Å². The van der Waals surface area contributed by atoms with Gasteiger partial charge >= 0.3 is 5.97 Å². The van der Waals surface area contributed by atoms with Crippen LogP contribution in [0.1, 0.15) is 26.2 Å². The molecule has 0 bridgehead atoms. The van der Waals surface area contributed by atoms with Gasteiger partial charge in [0.25, 0.3) is 0 Å². The van der Waals surface area contributed by atoms with E-state index in [1.165, 1.54) is 0 Å². The molecule has 1 atom stereocenters. The molecule has 0 radical (unpaired) electrons. The van der Waals surface area contributed by atoms with Crippen LogP contribution < -0.4 is 5.73 Å². The number of carbonyl (C=O) groups excluding carboxylic acids is 1. The first kappa shape index (κ1) is 11.2. The van der Waals surface area contributed by atoms with Crippen molar-refractivity contribution in [3.63, 3.8) is 0 Å². The van der Waals surface area contributed by atoms with Crippen molar-refractivity contribution in [3.05, 3.63) is 12.7 Å². The van der Waals surface area contributed by atoms with Crippen LogP contribution in [-0.2, 0) is 9.53 Å². The lowest BCUT2D eigenvalue weighted by Gasteiger charge is -2.11. The van der Waals surface area contributed by atoms with E-state index in [1.54, 1.807) is 0 Å². The van der Waals surface area contributed by atoms with Gasteiger partial charge in [0.1, 0.15) is 0 Å². The lowest BCUT2D eigenvalue weighted by atomic mass is 10.2. The summed E-state index contributed by atoms with van der Waals surface area (Å²) in [5.74, 6) is -0.332. The van der Waals surface area contributed by atoms with E-state index in [1.807, 2.05) is 13.0 Å². The predicted molar refractivity (Wildman–Crippen MR) is 48.7 cm³/mol. The fourth-order valence-corrected chi connectivity index (χ4v) is 0.881. The average Bonchev–Trinajstić information content (AvgIpc) is 2.05. The molecule has 3 heteroatoms. The molecular formula is C9H17NO2. The second kappa shape index (κ2) is 6.85. The van der Waals surface area contributed by atoms with Gasteiger partial charge in [0.2, 0.25) is 0 Å². The summed E-state index contributed by atoms with van der Waals surface area (Å²) in [4.78, 5) is 10.7. The number of esters is 1. The van der Waals surface area contributed by atoms with Crippen LogP contribution in [-0.4, -0.2) is 18.6 Å². The van der Waals surface area contributed by atoms with Gasteiger partial charge in [-0.15, -0.1) is 6.58 Å². The SMILES string of the molecule is C=CCCCC(C)OC(=O)CN. The maximum atomic E-state index is 10.7. The molecule has 0 heterocycles. The molecule has 0 saturated carbocycles. The van der Waals surface area contributed by atoms with Gasteiger partial charge in [0, 0.05) is 0 Å². The summed E-state index contributed by atoms with van der Waals surface area (Å²) >= 11 is 0. The minimum Gasteiger partial charge on any atom is -0.462 e. The Morgan fingerprint density at radius 3 is 2.92 bits per heavy atom. The molecule has 0 rings (SSSR count). The van der Waals surface area contributed by atoms with Crippen LogP contribution in [0.15, 0.2) is 12.7 Å². The largest absolute Gasteiger partial charge is 0.462 e. The van der Waals surface area contributed by atoms with Crippen molar-refractivity contribution >= 4 is 5.97 Å². The molecule has 0 aromatic carbocycles. The highest BCUT2D eigenvalue weighted by Gasteiger charge is 2.05. The highest BCUT2D eigenvalue weighted by Crippen LogP contribution is 2.04. The Bertz CT molecular complexity index is 145. The van der Waals surface area contributed by atoms with Gasteiger partial charge in [-0.1, -0.05) is 6.08 Å². The Morgan fingerprint density at radius 1 is 1.75 bits per heavy atom. The molecule has 0 saturated heterocycles. The van der Waals surface area contributed by atoms with E-state index in [9.17, 15) is 4.79 Å². The molecule has 2 N–H and O–H groups in total. The minimum absolute atomic E-state index is 0.0269. The Hall–Kier alpha value is -0.830. The summed E-state index contributed by atoms with van der Waals surface area (Å²) < 4.78 is 4.95. The van der Waals surface area contributed by atoms with Gasteiger partial charge in [0.15, 0.2) is 0 Å². The molecule has 70 valence electrons. The van der Waals surface area contributed by atoms with Gasteiger partial charge in [-0.25, -0.2) is 0 Å². The molecule has 1 unspecified atom stereocenters. The summed E-state index contributed by atoms with van der Waals surface area (Å²) in [6.45, 7) is 5.44. The Kier molecular flexibility index (Phi) is 6.38. The van der Waals surface area contributed by atoms with E-state index < -0.39 is 0 Å². The van der Waals surface area contributed by atoms with Crippen molar-refractivity contribution in [1.29, 1.82) is 0 Å². The van der Waals surface area contributed by atoms with Crippen molar-refractivity contribution in [3.8, 4) is 0 Å². The summed E-state index contributed by atoms with van der Waals surface area (Å²) in [5, 5.41) is 0. The third kappa shape index (κ3) is 5.92. The first-order chi connectivity index (χ1) is 5.70. The maximum Gasteiger partial charge on any atom is 0.319 e. The number of nitrogens with two attached hydrogens (primary N) is 1. The quantitative estimate of drug-likeness (QED) is 0.371. The molecule has 0 aliphatic heterocycles. The van der Waals surface area contributed by atoms with E-state index in [4.69, 9.17) is 10.5 Å². The van der Waals surface area contributed by atoms with E-state index in [-0.39, 0.29) is 18.6 Å². The van der Waals surface area contributed by atoms with Gasteiger partial charge < -0.3 is 10.5 Å². The van der Waals surface area contributed by atoms with Crippen molar-refractivity contribution in [2.45, 2.75) is 32.3 Å². The lowest BCUT2D eigenvalue weighted by molar-refractivity contribution is -0.146. The summed E-state index contributed by atoms with van der Waals surface area (Å²) in [7, 11) is 0. The van der Waals surface area contributed by atoms with E-state index >= 15 is 0 Å². The van der Waals surface area contributed by atoms with Crippen LogP contribution in [0.5, 0.6) is 0 Å². The Balaban J connectivity index is 3.38. The fraction of sp³-hybridized carbons (Fsp3) is 0.667.